The Hall–Kier alpha value is -1.92. The molecule has 1 saturated heterocycles. The lowest BCUT2D eigenvalue weighted by Gasteiger charge is -2.26. The standard InChI is InChI=1S/C19H23N3O2S/c23-19(22-7-9-24-10-8-22)14-5-6-18(20-11-14)21-12-15-13-25-17-4-2-1-3-16(15)17/h5-6,11,13H,1-4,7-10,12H2,(H,20,21). The fourth-order valence-electron chi connectivity index (χ4n) is 3.47. The van der Waals surface area contributed by atoms with Crippen LogP contribution in [0.15, 0.2) is 23.7 Å². The van der Waals surface area contributed by atoms with Gasteiger partial charge in [-0.1, -0.05) is 0 Å². The molecule has 0 unspecified atom stereocenters. The lowest BCUT2D eigenvalue weighted by atomic mass is 9.96. The molecule has 25 heavy (non-hydrogen) atoms. The molecule has 4 rings (SSSR count). The second-order valence-electron chi connectivity index (χ2n) is 6.56. The molecule has 2 aromatic rings. The van der Waals surface area contributed by atoms with Gasteiger partial charge in [-0.25, -0.2) is 4.98 Å². The summed E-state index contributed by atoms with van der Waals surface area (Å²) in [5, 5.41) is 5.67. The second kappa shape index (κ2) is 7.54. The van der Waals surface area contributed by atoms with Crippen molar-refractivity contribution in [2.24, 2.45) is 0 Å². The zero-order valence-corrected chi connectivity index (χ0v) is 15.1. The molecule has 1 N–H and O–H groups in total. The molecule has 0 spiro atoms. The van der Waals surface area contributed by atoms with E-state index in [1.54, 1.807) is 16.6 Å². The van der Waals surface area contributed by atoms with E-state index in [4.69, 9.17) is 4.74 Å². The van der Waals surface area contributed by atoms with Crippen molar-refractivity contribution in [3.8, 4) is 0 Å². The maximum Gasteiger partial charge on any atom is 0.255 e. The number of carbonyl (C=O) groups excluding carboxylic acids is 1. The maximum atomic E-state index is 12.4. The molecular formula is C19H23N3O2S. The van der Waals surface area contributed by atoms with E-state index in [0.29, 0.717) is 31.9 Å². The summed E-state index contributed by atoms with van der Waals surface area (Å²) in [7, 11) is 0. The molecule has 2 aromatic heterocycles. The highest BCUT2D eigenvalue weighted by atomic mass is 32.1. The molecule has 1 aliphatic heterocycles. The minimum absolute atomic E-state index is 0.0363. The molecule has 2 aliphatic rings. The number of amides is 1. The van der Waals surface area contributed by atoms with Gasteiger partial charge in [-0.05, 0) is 54.3 Å². The van der Waals surface area contributed by atoms with Crippen LogP contribution in [0.2, 0.25) is 0 Å². The molecular weight excluding hydrogens is 334 g/mol. The van der Waals surface area contributed by atoms with Crippen LogP contribution < -0.4 is 5.32 Å². The zero-order valence-electron chi connectivity index (χ0n) is 14.3. The van der Waals surface area contributed by atoms with E-state index in [2.05, 4.69) is 15.7 Å². The second-order valence-corrected chi connectivity index (χ2v) is 7.52. The third kappa shape index (κ3) is 3.70. The number of hydrogen-bond acceptors (Lipinski definition) is 5. The SMILES string of the molecule is O=C(c1ccc(NCc2csc3c2CCCC3)nc1)N1CCOCC1. The first-order chi connectivity index (χ1) is 12.3. The number of pyridine rings is 1. The van der Waals surface area contributed by atoms with Gasteiger partial charge in [0.2, 0.25) is 0 Å². The van der Waals surface area contributed by atoms with E-state index >= 15 is 0 Å². The lowest BCUT2D eigenvalue weighted by molar-refractivity contribution is 0.0302. The van der Waals surface area contributed by atoms with Gasteiger partial charge >= 0.3 is 0 Å². The van der Waals surface area contributed by atoms with Crippen LogP contribution in [0.25, 0.3) is 0 Å². The van der Waals surface area contributed by atoms with Gasteiger partial charge in [0.1, 0.15) is 5.82 Å². The van der Waals surface area contributed by atoms with Crippen LogP contribution in [0.4, 0.5) is 5.82 Å². The number of morpholine rings is 1. The first kappa shape index (κ1) is 16.5. The van der Waals surface area contributed by atoms with Gasteiger partial charge in [-0.3, -0.25) is 4.79 Å². The fraction of sp³-hybridized carbons (Fsp3) is 0.474. The van der Waals surface area contributed by atoms with Crippen molar-refractivity contribution < 1.29 is 9.53 Å². The molecule has 0 radical (unpaired) electrons. The minimum Gasteiger partial charge on any atom is -0.378 e. The summed E-state index contributed by atoms with van der Waals surface area (Å²) in [6.07, 6.45) is 6.73. The van der Waals surface area contributed by atoms with Crippen LogP contribution in [-0.4, -0.2) is 42.1 Å². The highest BCUT2D eigenvalue weighted by Gasteiger charge is 2.19. The van der Waals surface area contributed by atoms with E-state index in [0.717, 1.165) is 12.4 Å². The predicted octanol–water partition coefficient (Wildman–Crippen LogP) is 3.11. The first-order valence-electron chi connectivity index (χ1n) is 8.96. The average Bonchev–Trinajstić information content (AvgIpc) is 3.10. The summed E-state index contributed by atoms with van der Waals surface area (Å²) in [4.78, 5) is 20.2. The molecule has 0 aromatic carbocycles. The largest absolute Gasteiger partial charge is 0.378 e. The number of thiophene rings is 1. The van der Waals surface area contributed by atoms with Gasteiger partial charge < -0.3 is 15.0 Å². The number of anilines is 1. The Balaban J connectivity index is 1.37. The summed E-state index contributed by atoms with van der Waals surface area (Å²) in [5.41, 5.74) is 3.58. The van der Waals surface area contributed by atoms with E-state index in [9.17, 15) is 4.79 Å². The van der Waals surface area contributed by atoms with Crippen molar-refractivity contribution in [1.29, 1.82) is 0 Å². The number of ether oxygens (including phenoxy) is 1. The Morgan fingerprint density at radius 2 is 2.08 bits per heavy atom. The van der Waals surface area contributed by atoms with Gasteiger partial charge in [-0.15, -0.1) is 11.3 Å². The molecule has 6 heteroatoms. The normalized spacial score (nSPS) is 17.2. The maximum absolute atomic E-state index is 12.4. The van der Waals surface area contributed by atoms with Crippen LogP contribution in [0.3, 0.4) is 0 Å². The van der Waals surface area contributed by atoms with Crippen molar-refractivity contribution >= 4 is 23.1 Å². The third-order valence-electron chi connectivity index (χ3n) is 4.92. The predicted molar refractivity (Wildman–Crippen MR) is 99.2 cm³/mol. The number of hydrogen-bond donors (Lipinski definition) is 1. The van der Waals surface area contributed by atoms with E-state index in [1.807, 2.05) is 28.4 Å². The Morgan fingerprint density at radius 3 is 2.88 bits per heavy atom. The van der Waals surface area contributed by atoms with E-state index in [1.165, 1.54) is 31.2 Å². The van der Waals surface area contributed by atoms with Crippen molar-refractivity contribution in [2.75, 3.05) is 31.6 Å². The molecule has 1 aliphatic carbocycles. The number of fused-ring (bicyclic) bond motifs is 1. The fourth-order valence-corrected chi connectivity index (χ4v) is 4.62. The highest BCUT2D eigenvalue weighted by Crippen LogP contribution is 2.30. The number of carbonyl (C=O) groups is 1. The van der Waals surface area contributed by atoms with Gasteiger partial charge in [0.05, 0.1) is 18.8 Å². The zero-order chi connectivity index (χ0) is 17.1. The Bertz CT molecular complexity index is 736. The van der Waals surface area contributed by atoms with Crippen LogP contribution in [0.1, 0.15) is 39.2 Å². The number of aryl methyl sites for hydroxylation is 1. The quantitative estimate of drug-likeness (QED) is 0.913. The Kier molecular flexibility index (Phi) is 4.99. The Morgan fingerprint density at radius 1 is 1.24 bits per heavy atom. The van der Waals surface area contributed by atoms with Gasteiger partial charge in [0.25, 0.3) is 5.91 Å². The van der Waals surface area contributed by atoms with Gasteiger partial charge in [0.15, 0.2) is 0 Å². The first-order valence-corrected chi connectivity index (χ1v) is 9.84. The van der Waals surface area contributed by atoms with Crippen LogP contribution in [0, 0.1) is 0 Å². The summed E-state index contributed by atoms with van der Waals surface area (Å²) in [5.74, 6) is 0.851. The van der Waals surface area contributed by atoms with Crippen molar-refractivity contribution in [3.05, 3.63) is 45.3 Å². The highest BCUT2D eigenvalue weighted by molar-refractivity contribution is 7.10. The molecule has 1 fully saturated rings. The lowest BCUT2D eigenvalue weighted by Crippen LogP contribution is -2.40. The monoisotopic (exact) mass is 357 g/mol. The minimum atomic E-state index is 0.0363. The van der Waals surface area contributed by atoms with E-state index < -0.39 is 0 Å². The molecule has 132 valence electrons. The molecule has 1 amide bonds. The molecule has 3 heterocycles. The topological polar surface area (TPSA) is 54.5 Å². The summed E-state index contributed by atoms with van der Waals surface area (Å²) in [6.45, 7) is 3.34. The Labute approximate surface area is 152 Å². The molecule has 0 atom stereocenters. The number of nitrogens with zero attached hydrogens (tertiary/aromatic N) is 2. The average molecular weight is 357 g/mol. The number of rotatable bonds is 4. The van der Waals surface area contributed by atoms with Crippen LogP contribution >= 0.6 is 11.3 Å². The van der Waals surface area contributed by atoms with Gasteiger partial charge in [0, 0.05) is 30.7 Å². The molecule has 0 bridgehead atoms. The van der Waals surface area contributed by atoms with Gasteiger partial charge in [-0.2, -0.15) is 0 Å². The number of aromatic nitrogens is 1. The third-order valence-corrected chi connectivity index (χ3v) is 6.05. The van der Waals surface area contributed by atoms with Crippen molar-refractivity contribution in [2.45, 2.75) is 32.2 Å². The van der Waals surface area contributed by atoms with Crippen LogP contribution in [0.5, 0.6) is 0 Å². The summed E-state index contributed by atoms with van der Waals surface area (Å²) < 4.78 is 5.29. The van der Waals surface area contributed by atoms with Crippen molar-refractivity contribution in [1.82, 2.24) is 9.88 Å². The summed E-state index contributed by atoms with van der Waals surface area (Å²) >= 11 is 1.89. The number of nitrogens with one attached hydrogen (secondary N) is 1. The van der Waals surface area contributed by atoms with E-state index in [-0.39, 0.29) is 5.91 Å². The molecule has 0 saturated carbocycles. The van der Waals surface area contributed by atoms with Crippen LogP contribution in [-0.2, 0) is 24.1 Å². The molecule has 5 nitrogen and oxygen atoms in total. The van der Waals surface area contributed by atoms with Crippen molar-refractivity contribution in [3.63, 3.8) is 0 Å². The summed E-state index contributed by atoms with van der Waals surface area (Å²) in [6, 6.07) is 3.75. The smallest absolute Gasteiger partial charge is 0.255 e.